The molecule has 0 spiro atoms. The first-order chi connectivity index (χ1) is 18.7. The van der Waals surface area contributed by atoms with Crippen LogP contribution in [0.15, 0.2) is 67.0 Å². The summed E-state index contributed by atoms with van der Waals surface area (Å²) in [7, 11) is 1.50. The average molecular weight is 540 g/mol. The summed E-state index contributed by atoms with van der Waals surface area (Å²) in [5, 5.41) is 8.76. The number of ether oxygens (including phenoxy) is 1. The molecule has 0 saturated heterocycles. The van der Waals surface area contributed by atoms with Gasteiger partial charge in [-0.1, -0.05) is 81.5 Å². The van der Waals surface area contributed by atoms with E-state index in [0.717, 1.165) is 23.3 Å². The van der Waals surface area contributed by atoms with E-state index in [9.17, 15) is 14.4 Å². The van der Waals surface area contributed by atoms with Gasteiger partial charge in [-0.25, -0.2) is 9.78 Å². The minimum Gasteiger partial charge on any atom is -0.479 e. The number of carboxylic acids is 1. The van der Waals surface area contributed by atoms with E-state index in [4.69, 9.17) is 9.84 Å². The van der Waals surface area contributed by atoms with Gasteiger partial charge >= 0.3 is 5.97 Å². The molecule has 0 atom stereocenters. The van der Waals surface area contributed by atoms with Crippen molar-refractivity contribution in [2.75, 3.05) is 13.7 Å². The second-order valence-electron chi connectivity index (χ2n) is 7.56. The van der Waals surface area contributed by atoms with Crippen molar-refractivity contribution in [1.29, 1.82) is 0 Å². The third kappa shape index (κ3) is 12.8. The van der Waals surface area contributed by atoms with E-state index in [0.29, 0.717) is 17.6 Å². The lowest BCUT2D eigenvalue weighted by atomic mass is 10.0. The normalized spacial score (nSPS) is 10.6. The van der Waals surface area contributed by atoms with Crippen LogP contribution in [0.1, 0.15) is 68.3 Å². The topological polar surface area (TPSA) is 124 Å². The quantitative estimate of drug-likeness (QED) is 0.152. The van der Waals surface area contributed by atoms with Crippen LogP contribution in [0, 0.1) is 13.8 Å². The Kier molecular flexibility index (Phi) is 20.9. The Balaban J connectivity index is 0. The Morgan fingerprint density at radius 2 is 1.69 bits per heavy atom. The maximum absolute atomic E-state index is 12.0. The lowest BCUT2D eigenvalue weighted by Crippen LogP contribution is -2.12. The van der Waals surface area contributed by atoms with Gasteiger partial charge in [-0.15, -0.1) is 0 Å². The number of nitrogens with two attached hydrogens (primary N) is 1. The number of ketones is 1. The highest BCUT2D eigenvalue weighted by Gasteiger charge is 2.24. The van der Waals surface area contributed by atoms with Crippen LogP contribution >= 0.6 is 0 Å². The van der Waals surface area contributed by atoms with E-state index in [2.05, 4.69) is 23.4 Å². The van der Waals surface area contributed by atoms with Crippen molar-refractivity contribution >= 4 is 23.6 Å². The van der Waals surface area contributed by atoms with E-state index < -0.39 is 18.4 Å². The number of carbonyl (C=O) groups excluding carboxylic acids is 2. The molecule has 0 aliphatic rings. The van der Waals surface area contributed by atoms with E-state index in [1.54, 1.807) is 17.5 Å². The molecule has 0 aliphatic heterocycles. The second-order valence-corrected chi connectivity index (χ2v) is 7.56. The highest BCUT2D eigenvalue weighted by molar-refractivity contribution is 6.36. The maximum atomic E-state index is 12.0. The lowest BCUT2D eigenvalue weighted by Gasteiger charge is -2.08. The first-order valence-corrected chi connectivity index (χ1v) is 12.9. The van der Waals surface area contributed by atoms with Crippen LogP contribution in [-0.4, -0.2) is 46.2 Å². The predicted molar refractivity (Wildman–Crippen MR) is 161 cm³/mol. The van der Waals surface area contributed by atoms with E-state index in [-0.39, 0.29) is 17.7 Å². The van der Waals surface area contributed by atoms with Crippen molar-refractivity contribution in [3.63, 3.8) is 0 Å². The van der Waals surface area contributed by atoms with Crippen molar-refractivity contribution in [2.24, 2.45) is 5.73 Å². The number of Topliss-reactive ketones (excluding diaryl/α,β-unsaturated/α-hetero) is 1. The number of allylic oxidation sites excluding steroid dienone is 9. The third-order valence-corrected chi connectivity index (χ3v) is 4.87. The minimum absolute atomic E-state index is 0.0374. The Morgan fingerprint density at radius 1 is 1.10 bits per heavy atom. The molecular formula is C31H45N3O5. The molecule has 0 aliphatic carbocycles. The average Bonchev–Trinajstić information content (AvgIpc) is 3.23. The molecule has 8 heteroatoms. The zero-order chi connectivity index (χ0) is 30.4. The molecule has 0 aromatic carbocycles. The number of aliphatic carboxylic acids is 1. The smallest absolute Gasteiger partial charge is 0.341 e. The summed E-state index contributed by atoms with van der Waals surface area (Å²) in [5.74, 6) is -1.78. The maximum Gasteiger partial charge on any atom is 0.341 e. The van der Waals surface area contributed by atoms with Crippen LogP contribution in [0.25, 0.3) is 5.52 Å². The number of aldehydes is 1. The summed E-state index contributed by atoms with van der Waals surface area (Å²) in [6.45, 7) is 16.8. The molecule has 2 heterocycles. The molecule has 0 fully saturated rings. The molecule has 2 rings (SSSR count). The molecule has 8 nitrogen and oxygen atoms in total. The lowest BCUT2D eigenvalue weighted by molar-refractivity contribution is -0.139. The van der Waals surface area contributed by atoms with E-state index >= 15 is 0 Å². The Morgan fingerprint density at radius 3 is 2.21 bits per heavy atom. The molecule has 0 radical (unpaired) electrons. The van der Waals surface area contributed by atoms with Gasteiger partial charge in [-0.2, -0.15) is 0 Å². The number of fused-ring (bicyclic) bond motifs is 1. The highest BCUT2D eigenvalue weighted by Crippen LogP contribution is 2.30. The molecule has 2 aromatic rings. The number of aryl methyl sites for hydroxylation is 2. The summed E-state index contributed by atoms with van der Waals surface area (Å²) in [5.41, 5.74) is 8.32. The van der Waals surface area contributed by atoms with Crippen molar-refractivity contribution in [2.45, 2.75) is 61.3 Å². The number of rotatable bonds is 11. The molecule has 214 valence electrons. The summed E-state index contributed by atoms with van der Waals surface area (Å²) in [6, 6.07) is 0. The monoisotopic (exact) mass is 539 g/mol. The first kappa shape index (κ1) is 37.1. The van der Waals surface area contributed by atoms with Gasteiger partial charge < -0.3 is 20.0 Å². The number of nitrogens with zero attached hydrogens (tertiary/aromatic N) is 2. The van der Waals surface area contributed by atoms with Gasteiger partial charge in [0.25, 0.3) is 0 Å². The third-order valence-electron chi connectivity index (χ3n) is 4.87. The number of aromatic nitrogens is 2. The fourth-order valence-corrected chi connectivity index (χ4v) is 3.33. The highest BCUT2D eigenvalue weighted by atomic mass is 16.5. The molecule has 0 amide bonds. The SMILES string of the molecule is C=C(/C=C\C=C/C)C/C=C\C=C/C.CC.CCc1c(C(=O)C=O)c2c(OCC(=O)O)nc(C)cn2c1C.CN. The van der Waals surface area contributed by atoms with Gasteiger partial charge in [-0.3, -0.25) is 9.59 Å². The largest absolute Gasteiger partial charge is 0.479 e. The molecule has 39 heavy (non-hydrogen) atoms. The summed E-state index contributed by atoms with van der Waals surface area (Å²) in [4.78, 5) is 37.9. The van der Waals surface area contributed by atoms with Crippen molar-refractivity contribution in [1.82, 2.24) is 9.38 Å². The van der Waals surface area contributed by atoms with E-state index in [1.165, 1.54) is 7.05 Å². The van der Waals surface area contributed by atoms with Crippen LogP contribution in [0.4, 0.5) is 0 Å². The van der Waals surface area contributed by atoms with Gasteiger partial charge in [0.1, 0.15) is 5.52 Å². The fourth-order valence-electron chi connectivity index (χ4n) is 3.33. The Labute approximate surface area is 233 Å². The van der Waals surface area contributed by atoms with Crippen molar-refractivity contribution < 1.29 is 24.2 Å². The van der Waals surface area contributed by atoms with Crippen molar-refractivity contribution in [3.05, 3.63) is 89.5 Å². The van der Waals surface area contributed by atoms with Crippen LogP contribution < -0.4 is 10.5 Å². The van der Waals surface area contributed by atoms with Crippen LogP contribution in [-0.2, 0) is 16.0 Å². The fraction of sp³-hybridized carbons (Fsp3) is 0.355. The molecule has 2 aromatic heterocycles. The standard InChI is InChI=1S/C15H16N2O5.C13H18.C2H6.CH5N/c1-4-10-9(3)17-5-8(2)16-15(22-7-12(20)21)14(17)13(10)11(19)6-18;1-4-6-8-10-12-13(3)11-9-7-5-2;2*1-2/h5-6H,4,7H2,1-3H3,(H,20,21);4-11H,3,12H2,1-2H3;1-2H3;2H2,1H3/b;6-4-,7-5-,10-8-,11-9-;;. The van der Waals surface area contributed by atoms with Gasteiger partial charge in [-0.05, 0) is 53.1 Å². The van der Waals surface area contributed by atoms with Gasteiger partial charge in [0, 0.05) is 11.9 Å². The van der Waals surface area contributed by atoms with Gasteiger partial charge in [0.2, 0.25) is 11.7 Å². The van der Waals surface area contributed by atoms with Crippen molar-refractivity contribution in [3.8, 4) is 5.88 Å². The Bertz CT molecular complexity index is 1180. The second kappa shape index (κ2) is 22.0. The predicted octanol–water partition coefficient (Wildman–Crippen LogP) is 6.16. The van der Waals surface area contributed by atoms with Gasteiger partial charge in [0.15, 0.2) is 12.9 Å². The molecule has 3 N–H and O–H groups in total. The molecule has 0 bridgehead atoms. The summed E-state index contributed by atoms with van der Waals surface area (Å²) >= 11 is 0. The summed E-state index contributed by atoms with van der Waals surface area (Å²) < 4.78 is 6.93. The zero-order valence-electron chi connectivity index (χ0n) is 24.7. The van der Waals surface area contributed by atoms with Crippen LogP contribution in [0.3, 0.4) is 0 Å². The van der Waals surface area contributed by atoms with Crippen LogP contribution in [0.2, 0.25) is 0 Å². The molecule has 0 saturated carbocycles. The number of hydrogen-bond acceptors (Lipinski definition) is 6. The first-order valence-electron chi connectivity index (χ1n) is 12.9. The molecule has 0 unspecified atom stereocenters. The number of hydrogen-bond donors (Lipinski definition) is 2. The molecular weight excluding hydrogens is 494 g/mol. The number of carbonyl (C=O) groups is 3. The Hall–Kier alpha value is -4.04. The minimum atomic E-state index is -1.15. The number of carboxylic acid groups (broad SMARTS) is 1. The van der Waals surface area contributed by atoms with E-state index in [1.807, 2.05) is 84.1 Å². The van der Waals surface area contributed by atoms with Crippen LogP contribution in [0.5, 0.6) is 5.88 Å². The zero-order valence-corrected chi connectivity index (χ0v) is 24.7. The van der Waals surface area contributed by atoms with Gasteiger partial charge in [0.05, 0.1) is 11.3 Å². The summed E-state index contributed by atoms with van der Waals surface area (Å²) in [6.07, 6.45) is 19.6.